The summed E-state index contributed by atoms with van der Waals surface area (Å²) in [4.78, 5) is 24.4. The van der Waals surface area contributed by atoms with Crippen LogP contribution in [0.15, 0.2) is 12.4 Å². The summed E-state index contributed by atoms with van der Waals surface area (Å²) >= 11 is 0. The number of hydrogen-bond donors (Lipinski definition) is 2. The molecule has 1 aliphatic carbocycles. The number of nitrogens with two attached hydrogens (primary N) is 1. The van der Waals surface area contributed by atoms with Gasteiger partial charge in [-0.25, -0.2) is 15.0 Å². The molecule has 7 heteroatoms. The number of anilines is 2. The number of aromatic nitrogens is 3. The molecule has 132 valence electrons. The maximum Gasteiger partial charge on any atom is 0.223 e. The quantitative estimate of drug-likeness (QED) is 0.822. The molecule has 1 aliphatic heterocycles. The Balaban J connectivity index is 1.60. The minimum Gasteiger partial charge on any atom is -0.383 e. The lowest BCUT2D eigenvalue weighted by Crippen LogP contribution is -2.27. The van der Waals surface area contributed by atoms with Crippen LogP contribution < -0.4 is 11.1 Å². The summed E-state index contributed by atoms with van der Waals surface area (Å²) in [6.07, 6.45) is 9.41. The van der Waals surface area contributed by atoms with Crippen molar-refractivity contribution in [3.05, 3.63) is 18.0 Å². The van der Waals surface area contributed by atoms with Gasteiger partial charge in [0.1, 0.15) is 12.1 Å². The van der Waals surface area contributed by atoms with Gasteiger partial charge in [-0.1, -0.05) is 0 Å². The highest BCUT2D eigenvalue weighted by Gasteiger charge is 2.24. The molecule has 2 aromatic rings. The Morgan fingerprint density at radius 1 is 1.16 bits per heavy atom. The van der Waals surface area contributed by atoms with Crippen molar-refractivity contribution in [3.8, 4) is 0 Å². The molecule has 25 heavy (non-hydrogen) atoms. The second kappa shape index (κ2) is 6.92. The average molecular weight is 341 g/mol. The molecule has 3 heterocycles. The Morgan fingerprint density at radius 2 is 2.00 bits per heavy atom. The van der Waals surface area contributed by atoms with Gasteiger partial charge in [-0.2, -0.15) is 0 Å². The number of ether oxygens (including phenoxy) is 1. The van der Waals surface area contributed by atoms with Crippen LogP contribution >= 0.6 is 0 Å². The third-order valence-electron chi connectivity index (χ3n) is 5.35. The Hall–Kier alpha value is -2.28. The smallest absolute Gasteiger partial charge is 0.223 e. The monoisotopic (exact) mass is 341 g/mol. The fourth-order valence-electron chi connectivity index (χ4n) is 3.79. The van der Waals surface area contributed by atoms with Crippen molar-refractivity contribution in [2.45, 2.75) is 44.1 Å². The minimum absolute atomic E-state index is 0.204. The van der Waals surface area contributed by atoms with E-state index in [0.29, 0.717) is 30.3 Å². The first-order valence-electron chi connectivity index (χ1n) is 8.95. The average Bonchev–Trinajstić information content (AvgIpc) is 3.17. The van der Waals surface area contributed by atoms with E-state index in [1.807, 2.05) is 6.20 Å². The molecule has 0 amide bonds. The standard InChI is InChI=1S/C18H23N5O2/c19-17-15-8-21-18(22-13-3-1-11(9-24)2-4-13)23-16(15)14(7-20-17)12-5-6-25-10-12/h7-9,11-13H,1-6,10H2,(H2,19,20)(H,21,22,23). The number of hydrogen-bond acceptors (Lipinski definition) is 7. The zero-order chi connectivity index (χ0) is 17.2. The fourth-order valence-corrected chi connectivity index (χ4v) is 3.79. The van der Waals surface area contributed by atoms with Gasteiger partial charge in [0.2, 0.25) is 5.95 Å². The Labute approximate surface area is 146 Å². The highest BCUT2D eigenvalue weighted by molar-refractivity contribution is 5.90. The number of aldehydes is 1. The molecule has 0 bridgehead atoms. The molecule has 0 radical (unpaired) electrons. The Morgan fingerprint density at radius 3 is 2.72 bits per heavy atom. The van der Waals surface area contributed by atoms with Crippen LogP contribution in [-0.4, -0.2) is 40.5 Å². The molecule has 1 saturated heterocycles. The van der Waals surface area contributed by atoms with Gasteiger partial charge < -0.3 is 20.6 Å². The van der Waals surface area contributed by atoms with Crippen LogP contribution in [0.3, 0.4) is 0 Å². The van der Waals surface area contributed by atoms with E-state index in [0.717, 1.165) is 61.5 Å². The molecule has 2 aliphatic rings. The summed E-state index contributed by atoms with van der Waals surface area (Å²) < 4.78 is 5.52. The van der Waals surface area contributed by atoms with Crippen molar-refractivity contribution < 1.29 is 9.53 Å². The maximum atomic E-state index is 10.9. The first kappa shape index (κ1) is 16.2. The molecule has 7 nitrogen and oxygen atoms in total. The Kier molecular flexibility index (Phi) is 4.48. The number of rotatable bonds is 4. The number of pyridine rings is 1. The van der Waals surface area contributed by atoms with Crippen LogP contribution in [0.1, 0.15) is 43.6 Å². The Bertz CT molecular complexity index is 767. The maximum absolute atomic E-state index is 10.9. The predicted octanol–water partition coefficient (Wildman–Crippen LogP) is 2.28. The van der Waals surface area contributed by atoms with E-state index in [-0.39, 0.29) is 5.92 Å². The largest absolute Gasteiger partial charge is 0.383 e. The van der Waals surface area contributed by atoms with Crippen molar-refractivity contribution in [3.63, 3.8) is 0 Å². The summed E-state index contributed by atoms with van der Waals surface area (Å²) in [6, 6.07) is 0.311. The molecule has 4 rings (SSSR count). The molecule has 1 atom stereocenters. The van der Waals surface area contributed by atoms with E-state index >= 15 is 0 Å². The predicted molar refractivity (Wildman–Crippen MR) is 95.4 cm³/mol. The van der Waals surface area contributed by atoms with E-state index < -0.39 is 0 Å². The molecule has 0 spiro atoms. The zero-order valence-corrected chi connectivity index (χ0v) is 14.1. The highest BCUT2D eigenvalue weighted by atomic mass is 16.5. The summed E-state index contributed by atoms with van der Waals surface area (Å²) in [7, 11) is 0. The van der Waals surface area contributed by atoms with E-state index in [9.17, 15) is 4.79 Å². The lowest BCUT2D eigenvalue weighted by atomic mass is 9.87. The third kappa shape index (κ3) is 3.28. The SMILES string of the molecule is Nc1ncc(C2CCOC2)c2nc(NC3CCC(C=O)CC3)ncc12. The highest BCUT2D eigenvalue weighted by Crippen LogP contribution is 2.32. The van der Waals surface area contributed by atoms with Gasteiger partial charge in [-0.05, 0) is 32.1 Å². The summed E-state index contributed by atoms with van der Waals surface area (Å²) in [5.74, 6) is 1.58. The summed E-state index contributed by atoms with van der Waals surface area (Å²) in [5.41, 5.74) is 7.96. The minimum atomic E-state index is 0.204. The second-order valence-corrected chi connectivity index (χ2v) is 7.01. The van der Waals surface area contributed by atoms with Gasteiger partial charge in [0, 0.05) is 42.4 Å². The number of nitrogen functional groups attached to an aromatic ring is 1. The lowest BCUT2D eigenvalue weighted by Gasteiger charge is -2.26. The third-order valence-corrected chi connectivity index (χ3v) is 5.35. The zero-order valence-electron chi connectivity index (χ0n) is 14.1. The molecular weight excluding hydrogens is 318 g/mol. The van der Waals surface area contributed by atoms with Crippen LogP contribution in [0.25, 0.3) is 10.9 Å². The second-order valence-electron chi connectivity index (χ2n) is 7.01. The van der Waals surface area contributed by atoms with E-state index in [2.05, 4.69) is 15.3 Å². The first-order valence-corrected chi connectivity index (χ1v) is 8.95. The van der Waals surface area contributed by atoms with Gasteiger partial charge >= 0.3 is 0 Å². The molecule has 2 aromatic heterocycles. The number of fused-ring (bicyclic) bond motifs is 1. The number of carbonyl (C=O) groups excluding carboxylic acids is 1. The molecule has 1 saturated carbocycles. The van der Waals surface area contributed by atoms with Gasteiger partial charge in [0.05, 0.1) is 17.5 Å². The molecule has 0 aromatic carbocycles. The fraction of sp³-hybridized carbons (Fsp3) is 0.556. The number of nitrogens with one attached hydrogen (secondary N) is 1. The van der Waals surface area contributed by atoms with E-state index in [1.165, 1.54) is 0 Å². The molecule has 1 unspecified atom stereocenters. The van der Waals surface area contributed by atoms with Crippen molar-refractivity contribution in [1.29, 1.82) is 0 Å². The number of nitrogens with zero attached hydrogens (tertiary/aromatic N) is 3. The van der Waals surface area contributed by atoms with Crippen LogP contribution in [0, 0.1) is 5.92 Å². The van der Waals surface area contributed by atoms with E-state index in [4.69, 9.17) is 15.5 Å². The normalized spacial score (nSPS) is 26.6. The van der Waals surface area contributed by atoms with Crippen molar-refractivity contribution in [2.24, 2.45) is 5.92 Å². The van der Waals surface area contributed by atoms with Crippen molar-refractivity contribution in [2.75, 3.05) is 24.3 Å². The summed E-state index contributed by atoms with van der Waals surface area (Å²) in [5, 5.41) is 4.22. The van der Waals surface area contributed by atoms with Crippen molar-refractivity contribution in [1.82, 2.24) is 15.0 Å². The van der Waals surface area contributed by atoms with Gasteiger partial charge in [0.25, 0.3) is 0 Å². The van der Waals surface area contributed by atoms with Gasteiger partial charge in [0.15, 0.2) is 0 Å². The van der Waals surface area contributed by atoms with Crippen LogP contribution in [-0.2, 0) is 9.53 Å². The van der Waals surface area contributed by atoms with Crippen LogP contribution in [0.5, 0.6) is 0 Å². The molecular formula is C18H23N5O2. The molecule has 2 fully saturated rings. The molecule has 3 N–H and O–H groups in total. The summed E-state index contributed by atoms with van der Waals surface area (Å²) in [6.45, 7) is 1.47. The lowest BCUT2D eigenvalue weighted by molar-refractivity contribution is -0.111. The number of carbonyl (C=O) groups is 1. The van der Waals surface area contributed by atoms with Gasteiger partial charge in [-0.3, -0.25) is 0 Å². The topological polar surface area (TPSA) is 103 Å². The van der Waals surface area contributed by atoms with Crippen molar-refractivity contribution >= 4 is 29.0 Å². The van der Waals surface area contributed by atoms with E-state index in [1.54, 1.807) is 6.20 Å². The van der Waals surface area contributed by atoms with Crippen LogP contribution in [0.4, 0.5) is 11.8 Å². The van der Waals surface area contributed by atoms with Crippen LogP contribution in [0.2, 0.25) is 0 Å². The van der Waals surface area contributed by atoms with Gasteiger partial charge in [-0.15, -0.1) is 0 Å². The first-order chi connectivity index (χ1) is 12.2.